The van der Waals surface area contributed by atoms with Crippen LogP contribution >= 0.6 is 0 Å². The Labute approximate surface area is 107 Å². The van der Waals surface area contributed by atoms with Crippen molar-refractivity contribution in [3.63, 3.8) is 0 Å². The third-order valence-corrected chi connectivity index (χ3v) is 9.52. The van der Waals surface area contributed by atoms with Crippen LogP contribution in [-0.4, -0.2) is 8.80 Å². The topological polar surface area (TPSA) is 0 Å². The molecule has 0 aliphatic heterocycles. The number of rotatable bonds is 3. The first kappa shape index (κ1) is 11.5. The van der Waals surface area contributed by atoms with Gasteiger partial charge in [0.05, 0.1) is 8.80 Å². The molecule has 0 radical (unpaired) electrons. The van der Waals surface area contributed by atoms with E-state index in [1.807, 2.05) is 0 Å². The van der Waals surface area contributed by atoms with Crippen LogP contribution < -0.4 is 5.19 Å². The SMILES string of the molecule is c1ccc([SiH](C2CCCC2)C2CCCC2)cc1. The Bertz CT molecular complexity index is 318. The second kappa shape index (κ2) is 5.39. The summed E-state index contributed by atoms with van der Waals surface area (Å²) >= 11 is 0. The molecule has 1 aromatic carbocycles. The van der Waals surface area contributed by atoms with E-state index in [9.17, 15) is 0 Å². The maximum Gasteiger partial charge on any atom is 0.0769 e. The second-order valence-corrected chi connectivity index (χ2v) is 9.63. The molecule has 0 aromatic heterocycles. The van der Waals surface area contributed by atoms with Crippen LogP contribution in [0.3, 0.4) is 0 Å². The van der Waals surface area contributed by atoms with Crippen LogP contribution in [0.4, 0.5) is 0 Å². The summed E-state index contributed by atoms with van der Waals surface area (Å²) in [5.41, 5.74) is 2.25. The minimum absolute atomic E-state index is 0.697. The molecule has 0 heterocycles. The highest BCUT2D eigenvalue weighted by Gasteiger charge is 2.35. The fourth-order valence-electron chi connectivity index (χ4n) is 4.24. The Morgan fingerprint density at radius 2 is 1.18 bits per heavy atom. The average molecular weight is 244 g/mol. The fraction of sp³-hybridized carbons (Fsp3) is 0.625. The third kappa shape index (κ3) is 2.49. The molecule has 0 amide bonds. The van der Waals surface area contributed by atoms with Gasteiger partial charge in [0.15, 0.2) is 0 Å². The lowest BCUT2D eigenvalue weighted by Gasteiger charge is -2.28. The van der Waals surface area contributed by atoms with E-state index in [-0.39, 0.29) is 0 Å². The lowest BCUT2D eigenvalue weighted by atomic mass is 10.3. The Morgan fingerprint density at radius 1 is 0.706 bits per heavy atom. The van der Waals surface area contributed by atoms with Gasteiger partial charge in [0, 0.05) is 0 Å². The predicted molar refractivity (Wildman–Crippen MR) is 77.7 cm³/mol. The summed E-state index contributed by atoms with van der Waals surface area (Å²) in [6.07, 6.45) is 12.2. The molecule has 2 aliphatic rings. The molecule has 2 saturated carbocycles. The first-order valence-corrected chi connectivity index (χ1v) is 9.41. The molecule has 0 bridgehead atoms. The molecule has 2 aliphatic carbocycles. The van der Waals surface area contributed by atoms with Crippen molar-refractivity contribution in [2.24, 2.45) is 0 Å². The van der Waals surface area contributed by atoms with Gasteiger partial charge in [0.1, 0.15) is 0 Å². The largest absolute Gasteiger partial charge is 0.0769 e. The van der Waals surface area contributed by atoms with Crippen LogP contribution in [0, 0.1) is 0 Å². The molecule has 0 saturated heterocycles. The van der Waals surface area contributed by atoms with Crippen molar-refractivity contribution >= 4 is 14.0 Å². The number of hydrogen-bond donors (Lipinski definition) is 0. The molecular formula is C16H24Si. The van der Waals surface area contributed by atoms with Crippen molar-refractivity contribution in [2.75, 3.05) is 0 Å². The van der Waals surface area contributed by atoms with Gasteiger partial charge in [-0.05, 0) is 11.1 Å². The Hall–Kier alpha value is -0.563. The summed E-state index contributed by atoms with van der Waals surface area (Å²) in [7, 11) is -0.697. The fourth-order valence-corrected chi connectivity index (χ4v) is 9.14. The van der Waals surface area contributed by atoms with Gasteiger partial charge in [-0.25, -0.2) is 0 Å². The predicted octanol–water partition coefficient (Wildman–Crippen LogP) is 4.01. The molecule has 17 heavy (non-hydrogen) atoms. The van der Waals surface area contributed by atoms with E-state index in [1.54, 1.807) is 30.9 Å². The minimum atomic E-state index is -0.697. The summed E-state index contributed by atoms with van der Waals surface area (Å²) in [5, 5.41) is 1.77. The van der Waals surface area contributed by atoms with E-state index < -0.39 is 8.80 Å². The van der Waals surface area contributed by atoms with Gasteiger partial charge < -0.3 is 0 Å². The molecule has 92 valence electrons. The lowest BCUT2D eigenvalue weighted by molar-refractivity contribution is 0.782. The molecular weight excluding hydrogens is 220 g/mol. The zero-order chi connectivity index (χ0) is 11.5. The van der Waals surface area contributed by atoms with Crippen LogP contribution in [0.2, 0.25) is 11.1 Å². The number of hydrogen-bond acceptors (Lipinski definition) is 0. The van der Waals surface area contributed by atoms with Gasteiger partial charge in [-0.1, -0.05) is 86.9 Å². The van der Waals surface area contributed by atoms with Crippen LogP contribution in [0.1, 0.15) is 51.4 Å². The van der Waals surface area contributed by atoms with Crippen LogP contribution in [0.5, 0.6) is 0 Å². The van der Waals surface area contributed by atoms with Crippen molar-refractivity contribution in [2.45, 2.75) is 62.4 Å². The van der Waals surface area contributed by atoms with E-state index >= 15 is 0 Å². The maximum atomic E-state index is 2.44. The van der Waals surface area contributed by atoms with Crippen molar-refractivity contribution < 1.29 is 0 Å². The number of benzene rings is 1. The molecule has 0 nitrogen and oxygen atoms in total. The summed E-state index contributed by atoms with van der Waals surface area (Å²) in [6.45, 7) is 0. The first-order chi connectivity index (χ1) is 8.45. The van der Waals surface area contributed by atoms with Gasteiger partial charge in [0.25, 0.3) is 0 Å². The van der Waals surface area contributed by atoms with Gasteiger partial charge >= 0.3 is 0 Å². The van der Waals surface area contributed by atoms with Crippen molar-refractivity contribution in [3.8, 4) is 0 Å². The zero-order valence-corrected chi connectivity index (χ0v) is 11.9. The maximum absolute atomic E-state index is 2.44. The summed E-state index contributed by atoms with van der Waals surface area (Å²) in [4.78, 5) is 0. The van der Waals surface area contributed by atoms with Crippen LogP contribution in [-0.2, 0) is 0 Å². The van der Waals surface area contributed by atoms with Crippen molar-refractivity contribution in [1.29, 1.82) is 0 Å². The molecule has 2 fully saturated rings. The van der Waals surface area contributed by atoms with E-state index in [4.69, 9.17) is 0 Å². The summed E-state index contributed by atoms with van der Waals surface area (Å²) < 4.78 is 0. The summed E-state index contributed by atoms with van der Waals surface area (Å²) in [6, 6.07) is 11.6. The highest BCUT2D eigenvalue weighted by molar-refractivity contribution is 6.76. The van der Waals surface area contributed by atoms with E-state index in [2.05, 4.69) is 30.3 Å². The standard InChI is InChI=1S/C16H24Si/c1-2-8-14(9-3-1)17(15-10-4-5-11-15)16-12-6-7-13-16/h1-3,8-9,15-17H,4-7,10-13H2. The molecule has 1 heteroatoms. The quantitative estimate of drug-likeness (QED) is 0.705. The highest BCUT2D eigenvalue weighted by atomic mass is 28.3. The molecule has 1 aromatic rings. The highest BCUT2D eigenvalue weighted by Crippen LogP contribution is 2.42. The molecule has 0 N–H and O–H groups in total. The lowest BCUT2D eigenvalue weighted by Crippen LogP contribution is -2.37. The monoisotopic (exact) mass is 244 g/mol. The first-order valence-electron chi connectivity index (χ1n) is 7.50. The molecule has 3 rings (SSSR count). The van der Waals surface area contributed by atoms with E-state index in [0.717, 1.165) is 11.1 Å². The van der Waals surface area contributed by atoms with Crippen molar-refractivity contribution in [3.05, 3.63) is 30.3 Å². The summed E-state index contributed by atoms with van der Waals surface area (Å²) in [5.74, 6) is 0. The smallest absolute Gasteiger partial charge is 0.0633 e. The van der Waals surface area contributed by atoms with E-state index in [1.165, 1.54) is 25.7 Å². The van der Waals surface area contributed by atoms with Gasteiger partial charge in [-0.15, -0.1) is 0 Å². The van der Waals surface area contributed by atoms with Crippen molar-refractivity contribution in [1.82, 2.24) is 0 Å². The van der Waals surface area contributed by atoms with Gasteiger partial charge in [0.2, 0.25) is 0 Å². The van der Waals surface area contributed by atoms with Crippen LogP contribution in [0.25, 0.3) is 0 Å². The second-order valence-electron chi connectivity index (χ2n) is 6.03. The van der Waals surface area contributed by atoms with Gasteiger partial charge in [-0.2, -0.15) is 0 Å². The van der Waals surface area contributed by atoms with Crippen LogP contribution in [0.15, 0.2) is 30.3 Å². The Balaban J connectivity index is 1.84. The Kier molecular flexibility index (Phi) is 3.65. The third-order valence-electron chi connectivity index (χ3n) is 5.00. The van der Waals surface area contributed by atoms with E-state index in [0.29, 0.717) is 0 Å². The zero-order valence-electron chi connectivity index (χ0n) is 10.8. The Morgan fingerprint density at radius 3 is 1.65 bits per heavy atom. The molecule has 0 spiro atoms. The molecule has 0 atom stereocenters. The average Bonchev–Trinajstić information content (AvgIpc) is 3.04. The molecule has 0 unspecified atom stereocenters. The van der Waals surface area contributed by atoms with Gasteiger partial charge in [-0.3, -0.25) is 0 Å². The normalized spacial score (nSPS) is 22.6. The minimum Gasteiger partial charge on any atom is -0.0633 e.